The second kappa shape index (κ2) is 6.38. The molecule has 1 heterocycles. The van der Waals surface area contributed by atoms with Crippen LogP contribution >= 0.6 is 11.6 Å². The van der Waals surface area contributed by atoms with Crippen LogP contribution in [-0.2, 0) is 4.74 Å². The van der Waals surface area contributed by atoms with Crippen molar-refractivity contribution in [3.63, 3.8) is 0 Å². The number of rotatable bonds is 4. The van der Waals surface area contributed by atoms with Gasteiger partial charge in [-0.2, -0.15) is 0 Å². The molecule has 0 radical (unpaired) electrons. The fraction of sp³-hybridized carbons (Fsp3) is 0.462. The molecule has 2 N–H and O–H groups in total. The van der Waals surface area contributed by atoms with Gasteiger partial charge in [-0.3, -0.25) is 14.9 Å². The molecule has 7 nitrogen and oxygen atoms in total. The predicted octanol–water partition coefficient (Wildman–Crippen LogP) is 1.52. The van der Waals surface area contributed by atoms with Gasteiger partial charge in [0.15, 0.2) is 0 Å². The van der Waals surface area contributed by atoms with Crippen molar-refractivity contribution >= 4 is 23.2 Å². The Labute approximate surface area is 126 Å². The van der Waals surface area contributed by atoms with E-state index in [1.54, 1.807) is 0 Å². The molecule has 0 aliphatic carbocycles. The standard InChI is InChI=1S/C13H15ClN2O5/c14-11-2-1-9(16(19)20)7-10(11)12(17)15-8-13(18)3-5-21-6-4-13/h1-2,7,18H,3-6,8H2,(H,15,17). The topological polar surface area (TPSA) is 102 Å². The molecule has 0 unspecified atom stereocenters. The highest BCUT2D eigenvalue weighted by Gasteiger charge is 2.30. The number of hydrogen-bond acceptors (Lipinski definition) is 5. The average Bonchev–Trinajstić information content (AvgIpc) is 2.46. The third kappa shape index (κ3) is 3.90. The molecule has 1 aliphatic rings. The van der Waals surface area contributed by atoms with Crippen LogP contribution in [0.4, 0.5) is 5.69 Å². The number of carbonyl (C=O) groups excluding carboxylic acids is 1. The molecular weight excluding hydrogens is 300 g/mol. The Morgan fingerprint density at radius 2 is 2.14 bits per heavy atom. The molecule has 0 aromatic heterocycles. The second-order valence-electron chi connectivity index (χ2n) is 4.94. The number of ether oxygens (including phenoxy) is 1. The van der Waals surface area contributed by atoms with Crippen LogP contribution in [-0.4, -0.2) is 41.3 Å². The number of aliphatic hydroxyl groups is 1. The number of benzene rings is 1. The largest absolute Gasteiger partial charge is 0.388 e. The Morgan fingerprint density at radius 1 is 1.48 bits per heavy atom. The smallest absolute Gasteiger partial charge is 0.270 e. The highest BCUT2D eigenvalue weighted by molar-refractivity contribution is 6.33. The summed E-state index contributed by atoms with van der Waals surface area (Å²) in [5, 5.41) is 23.7. The van der Waals surface area contributed by atoms with E-state index in [1.807, 2.05) is 0 Å². The lowest BCUT2D eigenvalue weighted by Crippen LogP contribution is -2.46. The van der Waals surface area contributed by atoms with E-state index in [-0.39, 0.29) is 22.8 Å². The number of amides is 1. The van der Waals surface area contributed by atoms with Gasteiger partial charge in [0, 0.05) is 44.7 Å². The first-order valence-corrected chi connectivity index (χ1v) is 6.81. The van der Waals surface area contributed by atoms with Gasteiger partial charge in [0.05, 0.1) is 21.1 Å². The van der Waals surface area contributed by atoms with Crippen molar-refractivity contribution in [1.82, 2.24) is 5.32 Å². The molecule has 1 saturated heterocycles. The van der Waals surface area contributed by atoms with Crippen LogP contribution in [0.5, 0.6) is 0 Å². The molecular formula is C13H15ClN2O5. The Bertz CT molecular complexity index is 557. The molecule has 0 atom stereocenters. The molecule has 114 valence electrons. The molecule has 0 bridgehead atoms. The summed E-state index contributed by atoms with van der Waals surface area (Å²) >= 11 is 5.89. The Kier molecular flexibility index (Phi) is 4.76. The summed E-state index contributed by atoms with van der Waals surface area (Å²) in [7, 11) is 0. The van der Waals surface area contributed by atoms with Crippen LogP contribution in [0.3, 0.4) is 0 Å². The molecule has 0 spiro atoms. The SMILES string of the molecule is O=C(NCC1(O)CCOCC1)c1cc([N+](=O)[O-])ccc1Cl. The normalized spacial score (nSPS) is 17.2. The maximum Gasteiger partial charge on any atom is 0.270 e. The molecule has 1 fully saturated rings. The first kappa shape index (κ1) is 15.7. The molecule has 8 heteroatoms. The van der Waals surface area contributed by atoms with Crippen LogP contribution < -0.4 is 5.32 Å². The minimum Gasteiger partial charge on any atom is -0.388 e. The number of non-ortho nitro benzene ring substituents is 1. The van der Waals surface area contributed by atoms with E-state index in [4.69, 9.17) is 16.3 Å². The number of nitrogens with zero attached hydrogens (tertiary/aromatic N) is 1. The monoisotopic (exact) mass is 314 g/mol. The highest BCUT2D eigenvalue weighted by Crippen LogP contribution is 2.23. The summed E-state index contributed by atoms with van der Waals surface area (Å²) in [6.07, 6.45) is 0.853. The average molecular weight is 315 g/mol. The Morgan fingerprint density at radius 3 is 2.76 bits per heavy atom. The van der Waals surface area contributed by atoms with Gasteiger partial charge in [-0.25, -0.2) is 0 Å². The van der Waals surface area contributed by atoms with Crippen LogP contribution in [0.1, 0.15) is 23.2 Å². The molecule has 21 heavy (non-hydrogen) atoms. The summed E-state index contributed by atoms with van der Waals surface area (Å²) in [6, 6.07) is 3.65. The number of nitrogens with one attached hydrogen (secondary N) is 1. The van der Waals surface area contributed by atoms with E-state index >= 15 is 0 Å². The fourth-order valence-corrected chi connectivity index (χ4v) is 2.27. The van der Waals surface area contributed by atoms with Gasteiger partial charge in [0.1, 0.15) is 0 Å². The van der Waals surface area contributed by atoms with Crippen molar-refractivity contribution in [3.8, 4) is 0 Å². The summed E-state index contributed by atoms with van der Waals surface area (Å²) in [6.45, 7) is 0.919. The summed E-state index contributed by atoms with van der Waals surface area (Å²) in [5.41, 5.74) is -1.21. The first-order chi connectivity index (χ1) is 9.91. The van der Waals surface area contributed by atoms with Gasteiger partial charge < -0.3 is 15.2 Å². The van der Waals surface area contributed by atoms with E-state index in [0.29, 0.717) is 26.1 Å². The van der Waals surface area contributed by atoms with Gasteiger partial charge in [0.2, 0.25) is 0 Å². The summed E-state index contributed by atoms with van der Waals surface area (Å²) in [4.78, 5) is 22.2. The number of nitro benzene ring substituents is 1. The van der Waals surface area contributed by atoms with Crippen molar-refractivity contribution in [2.75, 3.05) is 19.8 Å². The summed E-state index contributed by atoms with van der Waals surface area (Å²) < 4.78 is 5.15. The lowest BCUT2D eigenvalue weighted by atomic mass is 9.94. The zero-order valence-corrected chi connectivity index (χ0v) is 11.9. The van der Waals surface area contributed by atoms with E-state index in [9.17, 15) is 20.0 Å². The van der Waals surface area contributed by atoms with Crippen LogP contribution in [0.2, 0.25) is 5.02 Å². The van der Waals surface area contributed by atoms with Crippen molar-refractivity contribution < 1.29 is 19.6 Å². The second-order valence-corrected chi connectivity index (χ2v) is 5.35. The minimum absolute atomic E-state index is 0.0153. The highest BCUT2D eigenvalue weighted by atomic mass is 35.5. The molecule has 1 aromatic rings. The maximum absolute atomic E-state index is 12.1. The Balaban J connectivity index is 2.06. The van der Waals surface area contributed by atoms with Gasteiger partial charge in [-0.05, 0) is 6.07 Å². The van der Waals surface area contributed by atoms with Crippen molar-refractivity contribution in [3.05, 3.63) is 38.9 Å². The third-order valence-corrected chi connectivity index (χ3v) is 3.74. The zero-order chi connectivity index (χ0) is 15.5. The molecule has 0 saturated carbocycles. The number of halogens is 1. The number of carbonyl (C=O) groups is 1. The van der Waals surface area contributed by atoms with Gasteiger partial charge in [-0.15, -0.1) is 0 Å². The number of hydrogen-bond donors (Lipinski definition) is 2. The fourth-order valence-electron chi connectivity index (χ4n) is 2.07. The van der Waals surface area contributed by atoms with E-state index in [2.05, 4.69) is 5.32 Å². The lowest BCUT2D eigenvalue weighted by Gasteiger charge is -2.32. The number of nitro groups is 1. The van der Waals surface area contributed by atoms with Crippen molar-refractivity contribution in [2.24, 2.45) is 0 Å². The van der Waals surface area contributed by atoms with Gasteiger partial charge in [-0.1, -0.05) is 11.6 Å². The predicted molar refractivity (Wildman–Crippen MR) is 75.4 cm³/mol. The van der Waals surface area contributed by atoms with Crippen molar-refractivity contribution in [1.29, 1.82) is 0 Å². The van der Waals surface area contributed by atoms with E-state index in [0.717, 1.165) is 6.07 Å². The molecule has 1 aromatic carbocycles. The van der Waals surface area contributed by atoms with E-state index < -0.39 is 16.4 Å². The molecule has 2 rings (SSSR count). The van der Waals surface area contributed by atoms with Crippen LogP contribution in [0, 0.1) is 10.1 Å². The summed E-state index contributed by atoms with van der Waals surface area (Å²) in [5.74, 6) is -0.552. The molecule has 1 amide bonds. The zero-order valence-electron chi connectivity index (χ0n) is 11.2. The van der Waals surface area contributed by atoms with E-state index in [1.165, 1.54) is 12.1 Å². The minimum atomic E-state index is -1.01. The van der Waals surface area contributed by atoms with Crippen molar-refractivity contribution in [2.45, 2.75) is 18.4 Å². The Hall–Kier alpha value is -1.70. The third-order valence-electron chi connectivity index (χ3n) is 3.41. The quantitative estimate of drug-likeness (QED) is 0.648. The maximum atomic E-state index is 12.1. The van der Waals surface area contributed by atoms with Crippen LogP contribution in [0.15, 0.2) is 18.2 Å². The first-order valence-electron chi connectivity index (χ1n) is 6.44. The van der Waals surface area contributed by atoms with Gasteiger partial charge >= 0.3 is 0 Å². The van der Waals surface area contributed by atoms with Crippen LogP contribution in [0.25, 0.3) is 0 Å². The van der Waals surface area contributed by atoms with Gasteiger partial charge in [0.25, 0.3) is 11.6 Å². The lowest BCUT2D eigenvalue weighted by molar-refractivity contribution is -0.384. The molecule has 1 aliphatic heterocycles.